The monoisotopic (exact) mass is 101 g/mol. The van der Waals surface area contributed by atoms with E-state index >= 15 is 0 Å². The van der Waals surface area contributed by atoms with Crippen LogP contribution in [0.4, 0.5) is 0 Å². The van der Waals surface area contributed by atoms with Crippen molar-refractivity contribution in [3.63, 3.8) is 0 Å². The molecule has 8 heavy (non-hydrogen) atoms. The largest absolute Gasteiger partial charge is 0.204 e. The summed E-state index contributed by atoms with van der Waals surface area (Å²) in [5.41, 5.74) is 0.740. The summed E-state index contributed by atoms with van der Waals surface area (Å²) in [7, 11) is 0. The topological polar surface area (TPSA) is 12.9 Å². The Labute approximate surface area is 48.4 Å². The third kappa shape index (κ3) is 0.776. The zero-order valence-corrected chi connectivity index (χ0v) is 4.18. The number of terminal acetylenes is 1. The summed E-state index contributed by atoms with van der Waals surface area (Å²) in [4.78, 5) is 3.63. The molecule has 1 aromatic rings. The Hall–Kier alpha value is -1.47. The Morgan fingerprint density at radius 1 is 1.75 bits per heavy atom. The standard InChI is InChI=1S/C7H3N/c1-2-7-4-3-5-8-6-7/h1,4,6H. The molecule has 0 N–H and O–H groups in total. The lowest BCUT2D eigenvalue weighted by Gasteiger charge is -1.76. The van der Waals surface area contributed by atoms with Crippen LogP contribution in [-0.4, -0.2) is 4.98 Å². The molecule has 0 spiro atoms. The molecule has 0 saturated heterocycles. The zero-order chi connectivity index (χ0) is 5.82. The molecule has 0 fully saturated rings. The van der Waals surface area contributed by atoms with E-state index in [0.717, 1.165) is 5.56 Å². The summed E-state index contributed by atoms with van der Waals surface area (Å²) in [5, 5.41) is 0. The van der Waals surface area contributed by atoms with Crippen LogP contribution in [0.25, 0.3) is 0 Å². The molecule has 0 saturated carbocycles. The van der Waals surface area contributed by atoms with Crippen molar-refractivity contribution in [1.82, 2.24) is 4.98 Å². The lowest BCUT2D eigenvalue weighted by Crippen LogP contribution is -1.69. The number of nitrogens with zero attached hydrogens (tertiary/aromatic N) is 1. The van der Waals surface area contributed by atoms with Gasteiger partial charge >= 0.3 is 0 Å². The zero-order valence-electron chi connectivity index (χ0n) is 4.18. The van der Waals surface area contributed by atoms with Gasteiger partial charge in [-0.05, 0) is 6.07 Å². The molecule has 1 nitrogen and oxygen atoms in total. The van der Waals surface area contributed by atoms with Crippen LogP contribution < -0.4 is 0 Å². The van der Waals surface area contributed by atoms with Gasteiger partial charge in [-0.1, -0.05) is 5.92 Å². The maximum absolute atomic E-state index is 5.03. The van der Waals surface area contributed by atoms with Gasteiger partial charge in [-0.15, -0.1) is 6.42 Å². The second-order valence-electron chi connectivity index (χ2n) is 1.26. The summed E-state index contributed by atoms with van der Waals surface area (Å²) in [6.45, 7) is 0. The second kappa shape index (κ2) is 2.00. The van der Waals surface area contributed by atoms with Gasteiger partial charge in [-0.25, -0.2) is 4.98 Å². The Balaban J connectivity index is 3.05. The van der Waals surface area contributed by atoms with E-state index in [1.54, 1.807) is 12.3 Å². The molecule has 0 radical (unpaired) electrons. The molecule has 0 aliphatic heterocycles. The minimum absolute atomic E-state index is 0.740. The first kappa shape index (κ1) is 4.68. The van der Waals surface area contributed by atoms with E-state index in [4.69, 9.17) is 6.42 Å². The Morgan fingerprint density at radius 2 is 2.62 bits per heavy atom. The molecule has 0 unspecified atom stereocenters. The van der Waals surface area contributed by atoms with Crippen LogP contribution in [0.5, 0.6) is 0 Å². The Morgan fingerprint density at radius 3 is 3.00 bits per heavy atom. The first-order valence-electron chi connectivity index (χ1n) is 2.14. The van der Waals surface area contributed by atoms with Gasteiger partial charge in [0.2, 0.25) is 0 Å². The number of rotatable bonds is 0. The van der Waals surface area contributed by atoms with E-state index in [0.29, 0.717) is 0 Å². The van der Waals surface area contributed by atoms with Crippen molar-refractivity contribution >= 4 is 0 Å². The Kier molecular flexibility index (Phi) is 1.17. The van der Waals surface area contributed by atoms with Crippen LogP contribution in [0.3, 0.4) is 0 Å². The summed E-state index contributed by atoms with van der Waals surface area (Å²) < 4.78 is 0. The molecule has 0 atom stereocenters. The third-order valence-electron chi connectivity index (χ3n) is 0.727. The van der Waals surface area contributed by atoms with Gasteiger partial charge in [0, 0.05) is 12.3 Å². The first-order valence-corrected chi connectivity index (χ1v) is 2.14. The van der Waals surface area contributed by atoms with E-state index in [-0.39, 0.29) is 0 Å². The molecule has 1 rings (SSSR count). The third-order valence-corrected chi connectivity index (χ3v) is 0.727. The predicted molar refractivity (Wildman–Crippen MR) is 29.8 cm³/mol. The van der Waals surface area contributed by atoms with Crippen molar-refractivity contribution in [1.29, 1.82) is 0 Å². The fourth-order valence-corrected chi connectivity index (χ4v) is 0.365. The summed E-state index contributed by atoms with van der Waals surface area (Å²) in [6.07, 6.45) is 9.09. The molecule has 0 aliphatic carbocycles. The van der Waals surface area contributed by atoms with Gasteiger partial charge in [-0.2, -0.15) is 0 Å². The van der Waals surface area contributed by atoms with Gasteiger partial charge in [0.25, 0.3) is 0 Å². The van der Waals surface area contributed by atoms with Gasteiger partial charge in [-0.3, -0.25) is 0 Å². The molecule has 1 aromatic heterocycles. The lowest BCUT2D eigenvalue weighted by molar-refractivity contribution is 1.33. The van der Waals surface area contributed by atoms with Gasteiger partial charge in [0.1, 0.15) is 0 Å². The van der Waals surface area contributed by atoms with Gasteiger partial charge < -0.3 is 0 Å². The van der Waals surface area contributed by atoms with Crippen LogP contribution >= 0.6 is 0 Å². The van der Waals surface area contributed by atoms with Crippen LogP contribution in [0.15, 0.2) is 12.3 Å². The quantitative estimate of drug-likeness (QED) is 0.437. The summed E-state index contributed by atoms with van der Waals surface area (Å²) >= 11 is 0. The average Bonchev–Trinajstić information content (AvgIpc) is 1.90. The minimum atomic E-state index is 0.740. The van der Waals surface area contributed by atoms with Crippen LogP contribution in [0.1, 0.15) is 5.56 Å². The molecule has 0 amide bonds. The molecular weight excluding hydrogens is 98.1 g/mol. The fourth-order valence-electron chi connectivity index (χ4n) is 0.365. The fraction of sp³-hybridized carbons (Fsp3) is 0. The van der Waals surface area contributed by atoms with Crippen molar-refractivity contribution in [3.05, 3.63) is 30.1 Å². The Bertz CT molecular complexity index is 195. The van der Waals surface area contributed by atoms with E-state index in [9.17, 15) is 0 Å². The highest BCUT2D eigenvalue weighted by Crippen LogP contribution is 1.85. The highest BCUT2D eigenvalue weighted by atomic mass is 14.6. The van der Waals surface area contributed by atoms with E-state index in [1.165, 1.54) is 0 Å². The minimum Gasteiger partial charge on any atom is -0.204 e. The maximum Gasteiger partial charge on any atom is 0.0538 e. The molecule has 0 aliphatic rings. The van der Waals surface area contributed by atoms with Gasteiger partial charge in [0.05, 0.1) is 11.8 Å². The van der Waals surface area contributed by atoms with Crippen molar-refractivity contribution in [3.8, 4) is 12.3 Å². The highest BCUT2D eigenvalue weighted by molar-refractivity contribution is 5.26. The first-order chi connectivity index (χ1) is 3.93. The van der Waals surface area contributed by atoms with E-state index in [1.807, 2.05) is 0 Å². The normalized spacial score (nSPS) is 6.88. The SMILES string of the molecule is C#Cc1cc#cnc1. The molecule has 0 aromatic carbocycles. The highest BCUT2D eigenvalue weighted by Gasteiger charge is 1.76. The molecule has 36 valence electrons. The number of hydrogen-bond donors (Lipinski definition) is 0. The number of aromatic nitrogens is 1. The van der Waals surface area contributed by atoms with E-state index < -0.39 is 0 Å². The molecular formula is C7H3N. The lowest BCUT2D eigenvalue weighted by atomic mass is 10.3. The van der Waals surface area contributed by atoms with Crippen LogP contribution in [0, 0.1) is 24.6 Å². The molecule has 1 heteroatoms. The number of hydrogen-bond acceptors (Lipinski definition) is 1. The van der Waals surface area contributed by atoms with Crippen LogP contribution in [0.2, 0.25) is 0 Å². The van der Waals surface area contributed by atoms with Crippen LogP contribution in [-0.2, 0) is 0 Å². The van der Waals surface area contributed by atoms with Crippen molar-refractivity contribution < 1.29 is 0 Å². The predicted octanol–water partition coefficient (Wildman–Crippen LogP) is 0.663. The van der Waals surface area contributed by atoms with Crippen molar-refractivity contribution in [2.45, 2.75) is 0 Å². The van der Waals surface area contributed by atoms with Crippen molar-refractivity contribution in [2.75, 3.05) is 0 Å². The van der Waals surface area contributed by atoms with Gasteiger partial charge in [0.15, 0.2) is 0 Å². The maximum atomic E-state index is 5.03. The average molecular weight is 101 g/mol. The van der Waals surface area contributed by atoms with Crippen molar-refractivity contribution in [2.24, 2.45) is 0 Å². The summed E-state index contributed by atoms with van der Waals surface area (Å²) in [5.74, 6) is 2.41. The smallest absolute Gasteiger partial charge is 0.0538 e. The van der Waals surface area contributed by atoms with E-state index in [2.05, 4.69) is 23.2 Å². The molecule has 0 bridgehead atoms. The second-order valence-corrected chi connectivity index (χ2v) is 1.26. The molecule has 1 heterocycles. The summed E-state index contributed by atoms with van der Waals surface area (Å²) in [6, 6.07) is 4.29.